The first kappa shape index (κ1) is 12.9. The van der Waals surface area contributed by atoms with Crippen molar-refractivity contribution in [2.45, 2.75) is 6.92 Å². The van der Waals surface area contributed by atoms with Crippen molar-refractivity contribution in [1.82, 2.24) is 19.2 Å². The normalized spacial score (nSPS) is 11.2. The second kappa shape index (κ2) is 4.45. The Hall–Kier alpha value is -2.15. The Kier molecular flexibility index (Phi) is 2.86. The minimum absolute atomic E-state index is 0.0430. The minimum Gasteiger partial charge on any atom is -0.476 e. The predicted molar refractivity (Wildman–Crippen MR) is 76.8 cm³/mol. The summed E-state index contributed by atoms with van der Waals surface area (Å²) in [6, 6.07) is 7.96. The lowest BCUT2D eigenvalue weighted by molar-refractivity contribution is 0.0690. The second-order valence-electron chi connectivity index (χ2n) is 4.52. The maximum absolute atomic E-state index is 11.1. The Labute approximate surface area is 122 Å². The van der Waals surface area contributed by atoms with Crippen molar-refractivity contribution in [2.24, 2.45) is 7.05 Å². The van der Waals surface area contributed by atoms with E-state index in [0.717, 1.165) is 11.4 Å². The third-order valence-corrected chi connectivity index (χ3v) is 3.82. The standard InChI is InChI=1S/C13H11BrN4O2/c1-7-3-5-8(6-4-7)11-16-18-10(14)9(12(19)20)15-13(18)17(11)2/h3-6H,1-2H3,(H,19,20). The maximum atomic E-state index is 11.1. The molecule has 7 heteroatoms. The molecule has 0 spiro atoms. The molecule has 0 amide bonds. The Bertz CT molecular complexity index is 817. The smallest absolute Gasteiger partial charge is 0.357 e. The molecule has 0 fully saturated rings. The number of halogens is 1. The van der Waals surface area contributed by atoms with E-state index in [1.165, 1.54) is 10.1 Å². The fraction of sp³-hybridized carbons (Fsp3) is 0.154. The van der Waals surface area contributed by atoms with Crippen LogP contribution in [0.3, 0.4) is 0 Å². The molecule has 1 aromatic carbocycles. The molecule has 20 heavy (non-hydrogen) atoms. The van der Waals surface area contributed by atoms with E-state index in [9.17, 15) is 4.79 Å². The molecular formula is C13H11BrN4O2. The number of benzene rings is 1. The second-order valence-corrected chi connectivity index (χ2v) is 5.27. The fourth-order valence-corrected chi connectivity index (χ4v) is 2.53. The maximum Gasteiger partial charge on any atom is 0.357 e. The summed E-state index contributed by atoms with van der Waals surface area (Å²) >= 11 is 3.23. The van der Waals surface area contributed by atoms with Crippen LogP contribution in [-0.4, -0.2) is 30.2 Å². The molecule has 0 unspecified atom stereocenters. The van der Waals surface area contributed by atoms with Crippen LogP contribution >= 0.6 is 15.9 Å². The van der Waals surface area contributed by atoms with Gasteiger partial charge in [-0.25, -0.2) is 9.78 Å². The van der Waals surface area contributed by atoms with Crippen molar-refractivity contribution in [3.63, 3.8) is 0 Å². The quantitative estimate of drug-likeness (QED) is 0.781. The van der Waals surface area contributed by atoms with Crippen LogP contribution in [0.5, 0.6) is 0 Å². The van der Waals surface area contributed by atoms with Gasteiger partial charge in [0.2, 0.25) is 5.78 Å². The van der Waals surface area contributed by atoms with Crippen LogP contribution in [0.2, 0.25) is 0 Å². The summed E-state index contributed by atoms with van der Waals surface area (Å²) in [7, 11) is 1.81. The van der Waals surface area contributed by atoms with E-state index in [4.69, 9.17) is 5.11 Å². The van der Waals surface area contributed by atoms with Gasteiger partial charge in [0.05, 0.1) is 0 Å². The number of aromatic nitrogens is 4. The van der Waals surface area contributed by atoms with Gasteiger partial charge in [-0.3, -0.25) is 4.57 Å². The number of nitrogens with zero attached hydrogens (tertiary/aromatic N) is 4. The number of carboxylic acids is 1. The first-order chi connectivity index (χ1) is 9.49. The summed E-state index contributed by atoms with van der Waals surface area (Å²) in [4.78, 5) is 15.1. The highest BCUT2D eigenvalue weighted by atomic mass is 79.9. The third kappa shape index (κ3) is 1.82. The van der Waals surface area contributed by atoms with Crippen LogP contribution < -0.4 is 0 Å². The molecule has 0 radical (unpaired) electrons. The zero-order chi connectivity index (χ0) is 14.4. The fourth-order valence-electron chi connectivity index (χ4n) is 2.03. The molecule has 0 saturated carbocycles. The van der Waals surface area contributed by atoms with Gasteiger partial charge in [-0.1, -0.05) is 29.8 Å². The average Bonchev–Trinajstić information content (AvgIpc) is 2.90. The summed E-state index contributed by atoms with van der Waals surface area (Å²) in [6.45, 7) is 2.02. The van der Waals surface area contributed by atoms with Crippen molar-refractivity contribution in [3.05, 3.63) is 40.1 Å². The number of imidazole rings is 1. The molecule has 0 atom stereocenters. The van der Waals surface area contributed by atoms with Gasteiger partial charge in [-0.05, 0) is 22.9 Å². The highest BCUT2D eigenvalue weighted by Gasteiger charge is 2.21. The van der Waals surface area contributed by atoms with Crippen LogP contribution in [-0.2, 0) is 7.05 Å². The lowest BCUT2D eigenvalue weighted by atomic mass is 10.1. The molecule has 0 aliphatic rings. The van der Waals surface area contributed by atoms with Crippen LogP contribution in [0, 0.1) is 6.92 Å². The van der Waals surface area contributed by atoms with Gasteiger partial charge in [-0.2, -0.15) is 4.52 Å². The molecule has 3 rings (SSSR count). The van der Waals surface area contributed by atoms with E-state index in [-0.39, 0.29) is 5.69 Å². The van der Waals surface area contributed by atoms with Crippen LogP contribution in [0.4, 0.5) is 0 Å². The number of aromatic carboxylic acids is 1. The lowest BCUT2D eigenvalue weighted by Gasteiger charge is -2.01. The topological polar surface area (TPSA) is 72.4 Å². The molecule has 0 aliphatic heterocycles. The van der Waals surface area contributed by atoms with Crippen molar-refractivity contribution >= 4 is 27.7 Å². The van der Waals surface area contributed by atoms with Crippen molar-refractivity contribution < 1.29 is 9.90 Å². The summed E-state index contributed by atoms with van der Waals surface area (Å²) in [5, 5.41) is 13.5. The molecule has 6 nitrogen and oxygen atoms in total. The average molecular weight is 335 g/mol. The highest BCUT2D eigenvalue weighted by molar-refractivity contribution is 9.10. The number of rotatable bonds is 2. The largest absolute Gasteiger partial charge is 0.476 e. The van der Waals surface area contributed by atoms with E-state index >= 15 is 0 Å². The summed E-state index contributed by atoms with van der Waals surface area (Å²) in [6.07, 6.45) is 0. The van der Waals surface area contributed by atoms with E-state index in [1.54, 1.807) is 4.57 Å². The first-order valence-corrected chi connectivity index (χ1v) is 6.69. The van der Waals surface area contributed by atoms with Crippen LogP contribution in [0.25, 0.3) is 17.2 Å². The summed E-state index contributed by atoms with van der Waals surface area (Å²) < 4.78 is 3.59. The van der Waals surface area contributed by atoms with Gasteiger partial charge >= 0.3 is 5.97 Å². The van der Waals surface area contributed by atoms with E-state index in [0.29, 0.717) is 10.4 Å². The Morgan fingerprint density at radius 3 is 2.50 bits per heavy atom. The molecule has 2 aromatic heterocycles. The number of hydrogen-bond donors (Lipinski definition) is 1. The summed E-state index contributed by atoms with van der Waals surface area (Å²) in [5.74, 6) is 0.120. The molecule has 1 N–H and O–H groups in total. The van der Waals surface area contributed by atoms with E-state index in [1.807, 2.05) is 38.2 Å². The number of carbonyl (C=O) groups is 1. The first-order valence-electron chi connectivity index (χ1n) is 5.90. The zero-order valence-corrected chi connectivity index (χ0v) is 12.4. The van der Waals surface area contributed by atoms with Crippen LogP contribution in [0.1, 0.15) is 16.1 Å². The van der Waals surface area contributed by atoms with Gasteiger partial charge in [0, 0.05) is 12.6 Å². The number of fused-ring (bicyclic) bond motifs is 1. The van der Waals surface area contributed by atoms with Crippen molar-refractivity contribution in [2.75, 3.05) is 0 Å². The highest BCUT2D eigenvalue weighted by Crippen LogP contribution is 2.24. The van der Waals surface area contributed by atoms with Crippen molar-refractivity contribution in [1.29, 1.82) is 0 Å². The van der Waals surface area contributed by atoms with E-state index < -0.39 is 5.97 Å². The molecule has 2 heterocycles. The SMILES string of the molecule is Cc1ccc(-c2nn3c(Br)c(C(=O)O)nc3n2C)cc1. The lowest BCUT2D eigenvalue weighted by Crippen LogP contribution is -2.00. The van der Waals surface area contributed by atoms with Gasteiger partial charge in [0.15, 0.2) is 11.5 Å². The molecule has 3 aromatic rings. The Morgan fingerprint density at radius 2 is 1.95 bits per heavy atom. The number of carboxylic acid groups (broad SMARTS) is 1. The molecule has 102 valence electrons. The Balaban J connectivity index is 2.22. The molecular weight excluding hydrogens is 324 g/mol. The predicted octanol–water partition coefficient (Wildman–Crippen LogP) is 2.50. The number of aryl methyl sites for hydroxylation is 2. The third-order valence-electron chi connectivity index (χ3n) is 3.11. The van der Waals surface area contributed by atoms with Gasteiger partial charge in [0.1, 0.15) is 4.60 Å². The molecule has 0 saturated heterocycles. The monoisotopic (exact) mass is 334 g/mol. The Morgan fingerprint density at radius 1 is 1.30 bits per heavy atom. The number of hydrogen-bond acceptors (Lipinski definition) is 3. The van der Waals surface area contributed by atoms with E-state index in [2.05, 4.69) is 26.0 Å². The van der Waals surface area contributed by atoms with Gasteiger partial charge in [-0.15, -0.1) is 5.10 Å². The van der Waals surface area contributed by atoms with Crippen molar-refractivity contribution in [3.8, 4) is 11.4 Å². The molecule has 0 aliphatic carbocycles. The van der Waals surface area contributed by atoms with Gasteiger partial charge < -0.3 is 5.11 Å². The van der Waals surface area contributed by atoms with Crippen LogP contribution in [0.15, 0.2) is 28.9 Å². The minimum atomic E-state index is -1.08. The summed E-state index contributed by atoms with van der Waals surface area (Å²) in [5.41, 5.74) is 2.08. The zero-order valence-electron chi connectivity index (χ0n) is 10.8. The van der Waals surface area contributed by atoms with Gasteiger partial charge in [0.25, 0.3) is 0 Å². The molecule has 0 bridgehead atoms.